The van der Waals surface area contributed by atoms with Crippen LogP contribution in [-0.2, 0) is 46.3 Å². The number of esters is 2. The molecule has 0 bridgehead atoms. The summed E-state index contributed by atoms with van der Waals surface area (Å²) in [6.45, 7) is 6.54. The molecule has 0 aliphatic carbocycles. The summed E-state index contributed by atoms with van der Waals surface area (Å²) in [5.74, 6) is 0.0860. The molecule has 0 spiro atoms. The van der Waals surface area contributed by atoms with Crippen molar-refractivity contribution in [2.24, 2.45) is 11.8 Å². The summed E-state index contributed by atoms with van der Waals surface area (Å²) < 4.78 is 56.3. The van der Waals surface area contributed by atoms with Crippen molar-refractivity contribution in [3.63, 3.8) is 0 Å². The molecule has 0 saturated carbocycles. The number of aromatic nitrogens is 2. The fraction of sp³-hybridized carbons (Fsp3) is 0.842. The van der Waals surface area contributed by atoms with Gasteiger partial charge in [-0.2, -0.15) is 9.29 Å². The molecule has 1 aromatic rings. The Morgan fingerprint density at radius 1 is 0.776 bits per heavy atom. The second-order valence-electron chi connectivity index (χ2n) is 15.8. The number of rotatable bonds is 32. The van der Waals surface area contributed by atoms with Crippen LogP contribution < -0.4 is 11.4 Å². The molecular weight excluding hydrogens is 800 g/mol. The molecule has 0 radical (unpaired) electrons. The Balaban J connectivity index is 1.87. The van der Waals surface area contributed by atoms with E-state index in [0.717, 1.165) is 74.5 Å². The van der Waals surface area contributed by atoms with Crippen LogP contribution in [0, 0.1) is 11.8 Å². The molecule has 0 amide bonds. The number of unbranched alkanes of at least 4 members (excludes halogenated alkanes) is 12. The Morgan fingerprint density at radius 3 is 1.81 bits per heavy atom. The zero-order valence-electron chi connectivity index (χ0n) is 34.7. The molecule has 18 nitrogen and oxygen atoms in total. The average molecular weight is 870 g/mol. The number of carbonyl (C=O) groups is 2. The number of nitrogens with zero attached hydrogens (tertiary/aromatic N) is 2. The van der Waals surface area contributed by atoms with Gasteiger partial charge in [0.2, 0.25) is 0 Å². The van der Waals surface area contributed by atoms with E-state index in [0.29, 0.717) is 18.8 Å². The molecule has 1 aliphatic rings. The van der Waals surface area contributed by atoms with Crippen molar-refractivity contribution in [3.05, 3.63) is 22.7 Å². The highest BCUT2D eigenvalue weighted by molar-refractivity contribution is 7.61. The van der Waals surface area contributed by atoms with Gasteiger partial charge in [-0.1, -0.05) is 118 Å². The van der Waals surface area contributed by atoms with E-state index in [1.165, 1.54) is 38.2 Å². The minimum absolute atomic E-state index is 0.0508. The average Bonchev–Trinajstić information content (AvgIpc) is 3.41. The number of nitrogen functional groups attached to an aromatic ring is 1. The van der Waals surface area contributed by atoms with Gasteiger partial charge in [0.1, 0.15) is 30.7 Å². The molecule has 3 unspecified atom stereocenters. The van der Waals surface area contributed by atoms with Crippen molar-refractivity contribution < 1.29 is 66.3 Å². The van der Waals surface area contributed by atoms with Gasteiger partial charge in [-0.05, 0) is 30.7 Å². The largest absolute Gasteiger partial charge is 0.481 e. The van der Waals surface area contributed by atoms with Crippen molar-refractivity contribution >= 4 is 33.4 Å². The molecule has 6 N–H and O–H groups in total. The maximum Gasteiger partial charge on any atom is 0.481 e. The molecule has 7 atom stereocenters. The molecule has 1 fully saturated rings. The molecule has 20 heteroatoms. The number of hydrogen-bond donors (Lipinski definition) is 5. The predicted octanol–water partition coefficient (Wildman–Crippen LogP) is 6.48. The molecule has 1 aliphatic heterocycles. The van der Waals surface area contributed by atoms with E-state index in [2.05, 4.69) is 37.0 Å². The van der Waals surface area contributed by atoms with Crippen molar-refractivity contribution in [2.75, 3.05) is 25.6 Å². The van der Waals surface area contributed by atoms with E-state index in [-0.39, 0.29) is 18.7 Å². The predicted molar refractivity (Wildman–Crippen MR) is 215 cm³/mol. The lowest BCUT2D eigenvalue weighted by atomic mass is 10.0. The van der Waals surface area contributed by atoms with Crippen molar-refractivity contribution in [3.8, 4) is 0 Å². The summed E-state index contributed by atoms with van der Waals surface area (Å²) in [6, 6.07) is 1.24. The highest BCUT2D eigenvalue weighted by atomic mass is 31.3. The van der Waals surface area contributed by atoms with Gasteiger partial charge < -0.3 is 39.9 Å². The first kappa shape index (κ1) is 51.9. The number of nitrogens with two attached hydrogens (primary N) is 1. The van der Waals surface area contributed by atoms with Crippen LogP contribution in [-0.4, -0.2) is 85.7 Å². The normalized spacial score (nSPS) is 20.9. The molecule has 58 heavy (non-hydrogen) atoms. The van der Waals surface area contributed by atoms with Gasteiger partial charge in [0.25, 0.3) is 0 Å². The van der Waals surface area contributed by atoms with Crippen molar-refractivity contribution in [2.45, 2.75) is 174 Å². The lowest BCUT2D eigenvalue weighted by Crippen LogP contribution is -2.36. The second-order valence-corrected chi connectivity index (χ2v) is 18.9. The minimum Gasteiger partial charge on any atom is -0.462 e. The summed E-state index contributed by atoms with van der Waals surface area (Å²) in [5.41, 5.74) is 4.57. The lowest BCUT2D eigenvalue weighted by molar-refractivity contribution is -0.161. The maximum atomic E-state index is 12.7. The minimum atomic E-state index is -5.41. The van der Waals surface area contributed by atoms with Gasteiger partial charge in [-0.25, -0.2) is 13.9 Å². The topological polar surface area (TPSA) is 265 Å². The van der Waals surface area contributed by atoms with Gasteiger partial charge in [-0.15, -0.1) is 0 Å². The molecule has 1 aromatic heterocycles. The number of anilines is 1. The summed E-state index contributed by atoms with van der Waals surface area (Å²) in [7, 11) is -10.8. The fourth-order valence-corrected chi connectivity index (χ4v) is 8.38. The summed E-state index contributed by atoms with van der Waals surface area (Å²) in [6.07, 6.45) is 10.0. The number of carbonyl (C=O) groups excluding carboxylic acids is 2. The number of aliphatic hydroxyl groups is 2. The first-order valence-corrected chi connectivity index (χ1v) is 23.8. The van der Waals surface area contributed by atoms with Gasteiger partial charge in [0.15, 0.2) is 12.3 Å². The fourth-order valence-electron chi connectivity index (χ4n) is 6.27. The number of phosphoric ester groups is 2. The SMILES string of the molecule is CC(C)CCCCCCCCCCC(=O)OC[C@H](COP(=O)(O)OP(=O)(O)OC[C@H]1O[C@@H](n2ccc(N)nc2=O)C(O)[C@H]1O)OC(=O)CCCCCCCCC(C)C. The molecular formula is C38H69N3O15P2. The van der Waals surface area contributed by atoms with E-state index in [1.807, 2.05) is 0 Å². The Bertz CT molecular complexity index is 1500. The van der Waals surface area contributed by atoms with Crippen molar-refractivity contribution in [1.82, 2.24) is 9.55 Å². The first-order valence-electron chi connectivity index (χ1n) is 20.8. The Hall–Kier alpha value is -2.24. The van der Waals surface area contributed by atoms with Gasteiger partial charge in [-0.3, -0.25) is 23.2 Å². The third-order valence-corrected chi connectivity index (χ3v) is 12.1. The molecule has 2 rings (SSSR count). The highest BCUT2D eigenvalue weighted by Gasteiger charge is 2.46. The van der Waals surface area contributed by atoms with Crippen LogP contribution in [0.5, 0.6) is 0 Å². The van der Waals surface area contributed by atoms with Gasteiger partial charge in [0, 0.05) is 19.0 Å². The number of ether oxygens (including phenoxy) is 3. The first-order chi connectivity index (χ1) is 27.4. The van der Waals surface area contributed by atoms with Gasteiger partial charge >= 0.3 is 33.3 Å². The van der Waals surface area contributed by atoms with Gasteiger partial charge in [0.05, 0.1) is 13.2 Å². The monoisotopic (exact) mass is 869 g/mol. The molecule has 1 saturated heterocycles. The van der Waals surface area contributed by atoms with E-state index < -0.39 is 83.7 Å². The Morgan fingerprint density at radius 2 is 1.28 bits per heavy atom. The molecule has 0 aromatic carbocycles. The maximum absolute atomic E-state index is 12.7. The third kappa shape index (κ3) is 22.4. The Kier molecular flexibility index (Phi) is 24.7. The van der Waals surface area contributed by atoms with Crippen LogP contribution in [0.3, 0.4) is 0 Å². The number of phosphoric acid groups is 2. The smallest absolute Gasteiger partial charge is 0.462 e. The van der Waals surface area contributed by atoms with E-state index in [1.54, 1.807) is 0 Å². The molecule has 336 valence electrons. The van der Waals surface area contributed by atoms with Crippen LogP contribution in [0.1, 0.15) is 149 Å². The third-order valence-electron chi connectivity index (χ3n) is 9.55. The van der Waals surface area contributed by atoms with Crippen LogP contribution in [0.4, 0.5) is 5.82 Å². The summed E-state index contributed by atoms with van der Waals surface area (Å²) in [5, 5.41) is 20.8. The zero-order chi connectivity index (χ0) is 43.1. The van der Waals surface area contributed by atoms with Crippen LogP contribution in [0.25, 0.3) is 0 Å². The van der Waals surface area contributed by atoms with E-state index >= 15 is 0 Å². The quantitative estimate of drug-likeness (QED) is 0.0294. The number of aliphatic hydroxyl groups excluding tert-OH is 2. The lowest BCUT2D eigenvalue weighted by Gasteiger charge is -2.21. The van der Waals surface area contributed by atoms with E-state index in [4.69, 9.17) is 29.0 Å². The van der Waals surface area contributed by atoms with Crippen LogP contribution in [0.2, 0.25) is 0 Å². The zero-order valence-corrected chi connectivity index (χ0v) is 36.5. The standard InChI is InChI=1S/C38H69N3O15P2/c1-28(2)19-15-11-7-5-6-8-13-17-21-33(42)51-25-30(54-34(43)22-18-14-10-9-12-16-20-29(3)4)26-52-57(47,48)56-58(49,50)53-27-31-35(44)36(45)37(55-31)41-24-23-32(39)40-38(41)46/h23-24,28-31,35-37,44-45H,5-22,25-27H2,1-4H3,(H,47,48)(H,49,50)(H2,39,40,46)/t30-,31-,35+,36?,37-/m1/s1. The number of hydrogen-bond acceptors (Lipinski definition) is 15. The summed E-state index contributed by atoms with van der Waals surface area (Å²) in [4.78, 5) is 61.3. The van der Waals surface area contributed by atoms with Crippen LogP contribution in [0.15, 0.2) is 17.1 Å². The highest BCUT2D eigenvalue weighted by Crippen LogP contribution is 2.60. The Labute approximate surface area is 342 Å². The van der Waals surface area contributed by atoms with E-state index in [9.17, 15) is 43.5 Å². The van der Waals surface area contributed by atoms with Crippen molar-refractivity contribution in [1.29, 1.82) is 0 Å². The van der Waals surface area contributed by atoms with Crippen LogP contribution >= 0.6 is 15.6 Å². The molecule has 2 heterocycles. The summed E-state index contributed by atoms with van der Waals surface area (Å²) >= 11 is 0. The second kappa shape index (κ2) is 27.6.